The number of aromatic nitrogens is 1. The molecule has 0 aliphatic heterocycles. The van der Waals surface area contributed by atoms with Crippen LogP contribution < -0.4 is 29.8 Å². The summed E-state index contributed by atoms with van der Waals surface area (Å²) in [6.45, 7) is 6.64. The number of hydrazine groups is 1. The van der Waals surface area contributed by atoms with Gasteiger partial charge in [-0.05, 0) is 57.2 Å². The largest absolute Gasteiger partial charge is 0.490 e. The highest BCUT2D eigenvalue weighted by atomic mass is 16.5. The van der Waals surface area contributed by atoms with E-state index >= 15 is 0 Å². The molecule has 0 saturated carbocycles. The van der Waals surface area contributed by atoms with E-state index in [2.05, 4.69) is 15.8 Å². The van der Waals surface area contributed by atoms with Gasteiger partial charge in [0.25, 0.3) is 11.8 Å². The maximum absolute atomic E-state index is 12.8. The molecule has 3 rings (SSSR count). The lowest BCUT2D eigenvalue weighted by Crippen LogP contribution is -2.41. The number of nitrogens with zero attached hydrogens (tertiary/aromatic N) is 1. The molecule has 3 aromatic rings. The van der Waals surface area contributed by atoms with Gasteiger partial charge in [0.15, 0.2) is 11.5 Å². The number of nitrogens with one attached hydrogen (secondary N) is 2. The highest BCUT2D eigenvalue weighted by Crippen LogP contribution is 2.39. The van der Waals surface area contributed by atoms with Crippen molar-refractivity contribution < 1.29 is 28.5 Å². The molecule has 0 atom stereocenters. The number of benzene rings is 2. The maximum Gasteiger partial charge on any atom is 0.275 e. The average molecular weight is 466 g/mol. The summed E-state index contributed by atoms with van der Waals surface area (Å²) >= 11 is 0. The van der Waals surface area contributed by atoms with Crippen molar-refractivity contribution in [2.45, 2.75) is 20.8 Å². The van der Waals surface area contributed by atoms with Crippen molar-refractivity contribution in [3.05, 3.63) is 71.9 Å². The summed E-state index contributed by atoms with van der Waals surface area (Å²) < 4.78 is 22.6. The molecule has 0 saturated heterocycles. The second-order valence-corrected chi connectivity index (χ2v) is 6.78. The summed E-state index contributed by atoms with van der Waals surface area (Å²) in [5.74, 6) is 0.653. The topological polar surface area (TPSA) is 108 Å². The highest BCUT2D eigenvalue weighted by Gasteiger charge is 2.20. The Kier molecular flexibility index (Phi) is 8.67. The number of rotatable bonds is 10. The van der Waals surface area contributed by atoms with E-state index in [1.807, 2.05) is 39.0 Å². The van der Waals surface area contributed by atoms with Crippen LogP contribution in [0.5, 0.6) is 28.9 Å². The molecular weight excluding hydrogens is 438 g/mol. The van der Waals surface area contributed by atoms with Gasteiger partial charge in [0.2, 0.25) is 11.6 Å². The summed E-state index contributed by atoms with van der Waals surface area (Å²) in [4.78, 5) is 29.7. The summed E-state index contributed by atoms with van der Waals surface area (Å²) in [5.41, 5.74) is 5.18. The van der Waals surface area contributed by atoms with Crippen molar-refractivity contribution in [3.8, 4) is 28.9 Å². The van der Waals surface area contributed by atoms with Crippen LogP contribution in [0, 0.1) is 0 Å². The second kappa shape index (κ2) is 12.1. The van der Waals surface area contributed by atoms with Crippen LogP contribution in [0.2, 0.25) is 0 Å². The third kappa shape index (κ3) is 6.16. The third-order valence-electron chi connectivity index (χ3n) is 4.43. The van der Waals surface area contributed by atoms with Gasteiger partial charge < -0.3 is 18.9 Å². The van der Waals surface area contributed by atoms with E-state index in [1.165, 1.54) is 18.3 Å². The maximum atomic E-state index is 12.8. The van der Waals surface area contributed by atoms with Crippen molar-refractivity contribution in [1.29, 1.82) is 0 Å². The van der Waals surface area contributed by atoms with Gasteiger partial charge in [-0.3, -0.25) is 20.4 Å². The van der Waals surface area contributed by atoms with Crippen molar-refractivity contribution in [2.75, 3.05) is 19.8 Å². The average Bonchev–Trinajstić information content (AvgIpc) is 2.85. The SMILES string of the molecule is CCOc1cc(C(=O)NNC(=O)c2cccnc2Oc2ccccc2)cc(OCC)c1OCC. The number of para-hydroxylation sites is 1. The predicted molar refractivity (Wildman–Crippen MR) is 126 cm³/mol. The van der Waals surface area contributed by atoms with E-state index in [-0.39, 0.29) is 17.0 Å². The number of pyridine rings is 1. The Labute approximate surface area is 198 Å². The second-order valence-electron chi connectivity index (χ2n) is 6.78. The molecule has 178 valence electrons. The molecule has 0 unspecified atom stereocenters. The minimum atomic E-state index is -0.589. The number of ether oxygens (including phenoxy) is 4. The quantitative estimate of drug-likeness (QED) is 0.433. The Hall–Kier alpha value is -4.27. The molecule has 0 bridgehead atoms. The van der Waals surface area contributed by atoms with Crippen molar-refractivity contribution in [2.24, 2.45) is 0 Å². The summed E-state index contributed by atoms with van der Waals surface area (Å²) in [6, 6.07) is 15.2. The molecule has 34 heavy (non-hydrogen) atoms. The summed E-state index contributed by atoms with van der Waals surface area (Å²) in [5, 5.41) is 0. The zero-order valence-electron chi connectivity index (χ0n) is 19.3. The highest BCUT2D eigenvalue weighted by molar-refractivity contribution is 6.00. The van der Waals surface area contributed by atoms with Crippen LogP contribution in [0.1, 0.15) is 41.5 Å². The first-order chi connectivity index (χ1) is 16.6. The van der Waals surface area contributed by atoms with E-state index in [9.17, 15) is 9.59 Å². The van der Waals surface area contributed by atoms with Crippen LogP contribution in [-0.4, -0.2) is 36.6 Å². The zero-order chi connectivity index (χ0) is 24.3. The Morgan fingerprint density at radius 3 is 2.03 bits per heavy atom. The van der Waals surface area contributed by atoms with Crippen LogP contribution in [0.25, 0.3) is 0 Å². The molecular formula is C25H27N3O6. The molecule has 2 aromatic carbocycles. The summed E-state index contributed by atoms with van der Waals surface area (Å²) in [6.07, 6.45) is 1.51. The lowest BCUT2D eigenvalue weighted by molar-refractivity contribution is 0.0844. The van der Waals surface area contributed by atoms with Crippen LogP contribution in [0.15, 0.2) is 60.8 Å². The molecule has 1 heterocycles. The van der Waals surface area contributed by atoms with E-state index in [0.29, 0.717) is 42.8 Å². The van der Waals surface area contributed by atoms with Gasteiger partial charge in [0.1, 0.15) is 11.3 Å². The van der Waals surface area contributed by atoms with Gasteiger partial charge in [0, 0.05) is 11.8 Å². The number of carbonyl (C=O) groups is 2. The van der Waals surface area contributed by atoms with Gasteiger partial charge in [-0.25, -0.2) is 4.98 Å². The van der Waals surface area contributed by atoms with Gasteiger partial charge in [-0.2, -0.15) is 0 Å². The summed E-state index contributed by atoms with van der Waals surface area (Å²) in [7, 11) is 0. The number of hydrogen-bond donors (Lipinski definition) is 2. The number of hydrogen-bond acceptors (Lipinski definition) is 7. The van der Waals surface area contributed by atoms with E-state index in [0.717, 1.165) is 0 Å². The van der Waals surface area contributed by atoms with Gasteiger partial charge in [-0.1, -0.05) is 18.2 Å². The first-order valence-electron chi connectivity index (χ1n) is 10.9. The Morgan fingerprint density at radius 2 is 1.41 bits per heavy atom. The normalized spacial score (nSPS) is 10.2. The molecule has 0 aliphatic carbocycles. The van der Waals surface area contributed by atoms with Crippen molar-refractivity contribution in [3.63, 3.8) is 0 Å². The lowest BCUT2D eigenvalue weighted by atomic mass is 10.1. The van der Waals surface area contributed by atoms with E-state index in [4.69, 9.17) is 18.9 Å². The number of carbonyl (C=O) groups excluding carboxylic acids is 2. The molecule has 2 amide bonds. The third-order valence-corrected chi connectivity index (χ3v) is 4.43. The van der Waals surface area contributed by atoms with Gasteiger partial charge in [0.05, 0.1) is 19.8 Å². The standard InChI is InChI=1S/C25H27N3O6/c1-4-31-20-15-17(16-21(32-5-2)22(20)33-6-3)23(29)27-28-24(30)19-13-10-14-26-25(19)34-18-11-8-7-9-12-18/h7-16H,4-6H2,1-3H3,(H,27,29)(H,28,30). The first-order valence-corrected chi connectivity index (χ1v) is 10.9. The first kappa shape index (κ1) is 24.4. The Balaban J connectivity index is 1.76. The lowest BCUT2D eigenvalue weighted by Gasteiger charge is -2.17. The molecule has 9 nitrogen and oxygen atoms in total. The van der Waals surface area contributed by atoms with Gasteiger partial charge in [-0.15, -0.1) is 0 Å². The molecule has 1 aromatic heterocycles. The monoisotopic (exact) mass is 465 g/mol. The zero-order valence-corrected chi connectivity index (χ0v) is 19.3. The molecule has 0 radical (unpaired) electrons. The predicted octanol–water partition coefficient (Wildman–Crippen LogP) is 4.14. The minimum absolute atomic E-state index is 0.110. The molecule has 0 spiro atoms. The van der Waals surface area contributed by atoms with E-state index < -0.39 is 11.8 Å². The minimum Gasteiger partial charge on any atom is -0.490 e. The van der Waals surface area contributed by atoms with Crippen LogP contribution in [0.4, 0.5) is 0 Å². The van der Waals surface area contributed by atoms with Crippen LogP contribution in [-0.2, 0) is 0 Å². The fourth-order valence-corrected chi connectivity index (χ4v) is 3.02. The van der Waals surface area contributed by atoms with Crippen molar-refractivity contribution in [1.82, 2.24) is 15.8 Å². The fraction of sp³-hybridized carbons (Fsp3) is 0.240. The molecule has 9 heteroatoms. The fourth-order valence-electron chi connectivity index (χ4n) is 3.02. The Morgan fingerprint density at radius 1 is 0.794 bits per heavy atom. The smallest absolute Gasteiger partial charge is 0.275 e. The van der Waals surface area contributed by atoms with Crippen LogP contribution >= 0.6 is 0 Å². The number of amides is 2. The molecule has 2 N–H and O–H groups in total. The molecule has 0 fully saturated rings. The van der Waals surface area contributed by atoms with Gasteiger partial charge >= 0.3 is 0 Å². The Bertz CT molecular complexity index is 1090. The molecule has 0 aliphatic rings. The van der Waals surface area contributed by atoms with Crippen molar-refractivity contribution >= 4 is 11.8 Å². The van der Waals surface area contributed by atoms with E-state index in [1.54, 1.807) is 24.3 Å². The van der Waals surface area contributed by atoms with Crippen LogP contribution in [0.3, 0.4) is 0 Å².